The Bertz CT molecular complexity index is 289. The van der Waals surface area contributed by atoms with Crippen molar-refractivity contribution >= 4 is 11.9 Å². The first-order chi connectivity index (χ1) is 10.0. The standard InChI is InChI=1S/C17H32O4/c1-4-6-8-9-10-11-13-21-17(20)15(12-7-5-2)14(3)16(18)19/h14-15H,4-13H2,1-3H3,(H,18,19). The first-order valence-electron chi connectivity index (χ1n) is 8.44. The first-order valence-corrected chi connectivity index (χ1v) is 8.44. The third kappa shape index (κ3) is 9.48. The number of hydrogen-bond donors (Lipinski definition) is 1. The second-order valence-electron chi connectivity index (χ2n) is 5.81. The van der Waals surface area contributed by atoms with Crippen LogP contribution >= 0.6 is 0 Å². The van der Waals surface area contributed by atoms with Gasteiger partial charge in [-0.15, -0.1) is 0 Å². The van der Waals surface area contributed by atoms with E-state index < -0.39 is 17.8 Å². The molecule has 0 aliphatic carbocycles. The molecule has 0 aromatic carbocycles. The summed E-state index contributed by atoms with van der Waals surface area (Å²) in [4.78, 5) is 23.1. The molecule has 0 heterocycles. The summed E-state index contributed by atoms with van der Waals surface area (Å²) in [5.41, 5.74) is 0. The molecule has 0 saturated heterocycles. The summed E-state index contributed by atoms with van der Waals surface area (Å²) < 4.78 is 5.28. The van der Waals surface area contributed by atoms with E-state index in [-0.39, 0.29) is 5.97 Å². The number of aliphatic carboxylic acids is 1. The number of hydrogen-bond acceptors (Lipinski definition) is 3. The molecular formula is C17H32O4. The molecule has 0 bridgehead atoms. The van der Waals surface area contributed by atoms with Gasteiger partial charge in [-0.3, -0.25) is 9.59 Å². The molecule has 1 N–H and O–H groups in total. The molecule has 0 spiro atoms. The summed E-state index contributed by atoms with van der Waals surface area (Å²) >= 11 is 0. The second kappa shape index (κ2) is 12.7. The lowest BCUT2D eigenvalue weighted by Crippen LogP contribution is -2.29. The van der Waals surface area contributed by atoms with E-state index in [0.717, 1.165) is 25.7 Å². The predicted molar refractivity (Wildman–Crippen MR) is 84.1 cm³/mol. The van der Waals surface area contributed by atoms with Gasteiger partial charge in [0.1, 0.15) is 0 Å². The van der Waals surface area contributed by atoms with Gasteiger partial charge < -0.3 is 9.84 Å². The van der Waals surface area contributed by atoms with Gasteiger partial charge in [-0.2, -0.15) is 0 Å². The molecule has 4 nitrogen and oxygen atoms in total. The summed E-state index contributed by atoms with van der Waals surface area (Å²) in [5, 5.41) is 9.08. The zero-order chi connectivity index (χ0) is 16.1. The van der Waals surface area contributed by atoms with E-state index in [4.69, 9.17) is 9.84 Å². The molecule has 0 aromatic rings. The number of unbranched alkanes of at least 4 members (excludes halogenated alkanes) is 6. The lowest BCUT2D eigenvalue weighted by Gasteiger charge is -2.19. The number of rotatable bonds is 13. The van der Waals surface area contributed by atoms with Crippen LogP contribution in [0.25, 0.3) is 0 Å². The fourth-order valence-corrected chi connectivity index (χ4v) is 2.33. The molecule has 0 radical (unpaired) electrons. The Morgan fingerprint density at radius 2 is 1.52 bits per heavy atom. The predicted octanol–water partition coefficient (Wildman–Crippen LogP) is 4.42. The Labute approximate surface area is 129 Å². The first kappa shape index (κ1) is 19.9. The van der Waals surface area contributed by atoms with E-state index >= 15 is 0 Å². The van der Waals surface area contributed by atoms with Crippen LogP contribution in [0.3, 0.4) is 0 Å². The average Bonchev–Trinajstić information content (AvgIpc) is 2.46. The highest BCUT2D eigenvalue weighted by atomic mass is 16.5. The van der Waals surface area contributed by atoms with Gasteiger partial charge in [0.05, 0.1) is 18.4 Å². The van der Waals surface area contributed by atoms with Gasteiger partial charge in [0.25, 0.3) is 0 Å². The fourth-order valence-electron chi connectivity index (χ4n) is 2.33. The molecule has 21 heavy (non-hydrogen) atoms. The number of ether oxygens (including phenoxy) is 1. The topological polar surface area (TPSA) is 63.6 Å². The Kier molecular flexibility index (Phi) is 12.0. The smallest absolute Gasteiger partial charge is 0.309 e. The lowest BCUT2D eigenvalue weighted by atomic mass is 9.89. The van der Waals surface area contributed by atoms with Crippen molar-refractivity contribution in [1.29, 1.82) is 0 Å². The molecule has 2 atom stereocenters. The maximum atomic E-state index is 12.0. The highest BCUT2D eigenvalue weighted by Gasteiger charge is 2.30. The molecule has 0 aliphatic heterocycles. The van der Waals surface area contributed by atoms with Crippen LogP contribution in [0.15, 0.2) is 0 Å². The summed E-state index contributed by atoms with van der Waals surface area (Å²) in [6, 6.07) is 0. The minimum absolute atomic E-state index is 0.341. The fraction of sp³-hybridized carbons (Fsp3) is 0.882. The van der Waals surface area contributed by atoms with Gasteiger partial charge in [0.15, 0.2) is 0 Å². The van der Waals surface area contributed by atoms with E-state index in [1.807, 2.05) is 6.92 Å². The third-order valence-corrected chi connectivity index (χ3v) is 3.91. The SMILES string of the molecule is CCCCCCCCOC(=O)C(CCCC)C(C)C(=O)O. The maximum absolute atomic E-state index is 12.0. The Morgan fingerprint density at radius 1 is 0.952 bits per heavy atom. The van der Waals surface area contributed by atoms with Crippen LogP contribution in [0, 0.1) is 11.8 Å². The normalized spacial score (nSPS) is 13.7. The van der Waals surface area contributed by atoms with Crippen molar-refractivity contribution in [1.82, 2.24) is 0 Å². The molecule has 0 saturated carbocycles. The van der Waals surface area contributed by atoms with E-state index in [1.165, 1.54) is 25.7 Å². The average molecular weight is 300 g/mol. The van der Waals surface area contributed by atoms with Crippen molar-refractivity contribution < 1.29 is 19.4 Å². The zero-order valence-corrected chi connectivity index (χ0v) is 13.9. The van der Waals surface area contributed by atoms with Crippen molar-refractivity contribution in [2.45, 2.75) is 78.6 Å². The van der Waals surface area contributed by atoms with Crippen molar-refractivity contribution in [3.63, 3.8) is 0 Å². The summed E-state index contributed by atoms with van der Waals surface area (Å²) in [6.07, 6.45) is 9.24. The van der Waals surface area contributed by atoms with Gasteiger partial charge >= 0.3 is 11.9 Å². The summed E-state index contributed by atoms with van der Waals surface area (Å²) in [5.74, 6) is -2.45. The lowest BCUT2D eigenvalue weighted by molar-refractivity contribution is -0.157. The third-order valence-electron chi connectivity index (χ3n) is 3.91. The van der Waals surface area contributed by atoms with Crippen molar-refractivity contribution in [3.05, 3.63) is 0 Å². The van der Waals surface area contributed by atoms with Crippen molar-refractivity contribution in [2.75, 3.05) is 6.61 Å². The van der Waals surface area contributed by atoms with Gasteiger partial charge in [-0.25, -0.2) is 0 Å². The van der Waals surface area contributed by atoms with E-state index in [2.05, 4.69) is 6.92 Å². The van der Waals surface area contributed by atoms with Crippen LogP contribution in [0.4, 0.5) is 0 Å². The van der Waals surface area contributed by atoms with Crippen LogP contribution < -0.4 is 0 Å². The van der Waals surface area contributed by atoms with E-state index in [0.29, 0.717) is 13.0 Å². The Balaban J connectivity index is 4.02. The zero-order valence-electron chi connectivity index (χ0n) is 13.9. The Hall–Kier alpha value is -1.06. The molecule has 0 rings (SSSR count). The Morgan fingerprint density at radius 3 is 2.10 bits per heavy atom. The van der Waals surface area contributed by atoms with Gasteiger partial charge in [-0.05, 0) is 12.8 Å². The molecule has 0 aromatic heterocycles. The van der Waals surface area contributed by atoms with E-state index in [1.54, 1.807) is 6.92 Å². The number of carbonyl (C=O) groups excluding carboxylic acids is 1. The second-order valence-corrected chi connectivity index (χ2v) is 5.81. The van der Waals surface area contributed by atoms with Crippen LogP contribution in [0.2, 0.25) is 0 Å². The monoisotopic (exact) mass is 300 g/mol. The van der Waals surface area contributed by atoms with Crippen LogP contribution in [-0.4, -0.2) is 23.7 Å². The molecule has 2 unspecified atom stereocenters. The highest BCUT2D eigenvalue weighted by molar-refractivity contribution is 5.80. The molecular weight excluding hydrogens is 268 g/mol. The van der Waals surface area contributed by atoms with Crippen LogP contribution in [0.1, 0.15) is 78.6 Å². The quantitative estimate of drug-likeness (QED) is 0.404. The minimum Gasteiger partial charge on any atom is -0.481 e. The molecule has 0 amide bonds. The van der Waals surface area contributed by atoms with Gasteiger partial charge in [-0.1, -0.05) is 65.7 Å². The largest absolute Gasteiger partial charge is 0.481 e. The molecule has 4 heteroatoms. The van der Waals surface area contributed by atoms with Crippen molar-refractivity contribution in [3.8, 4) is 0 Å². The molecule has 124 valence electrons. The molecule has 0 aliphatic rings. The maximum Gasteiger partial charge on any atom is 0.309 e. The van der Waals surface area contributed by atoms with Crippen LogP contribution in [0.5, 0.6) is 0 Å². The number of carboxylic acid groups (broad SMARTS) is 1. The minimum atomic E-state index is -0.924. The number of carbonyl (C=O) groups is 2. The van der Waals surface area contributed by atoms with Crippen LogP contribution in [-0.2, 0) is 14.3 Å². The summed E-state index contributed by atoms with van der Waals surface area (Å²) in [6.45, 7) is 6.22. The van der Waals surface area contributed by atoms with Gasteiger partial charge in [0.2, 0.25) is 0 Å². The number of carboxylic acids is 1. The number of esters is 1. The highest BCUT2D eigenvalue weighted by Crippen LogP contribution is 2.21. The van der Waals surface area contributed by atoms with Gasteiger partial charge in [0, 0.05) is 0 Å². The summed E-state index contributed by atoms with van der Waals surface area (Å²) in [7, 11) is 0. The van der Waals surface area contributed by atoms with E-state index in [9.17, 15) is 9.59 Å². The molecule has 0 fully saturated rings. The van der Waals surface area contributed by atoms with Crippen molar-refractivity contribution in [2.24, 2.45) is 11.8 Å².